The lowest BCUT2D eigenvalue weighted by atomic mass is 10.3. The zero-order chi connectivity index (χ0) is 22.8. The fraction of sp³-hybridized carbons (Fsp3) is 0.111. The van der Waals surface area contributed by atoms with Crippen LogP contribution in [0.4, 0.5) is 17.1 Å². The van der Waals surface area contributed by atoms with Gasteiger partial charge >= 0.3 is 0 Å². The van der Waals surface area contributed by atoms with Crippen molar-refractivity contribution < 1.29 is 13.3 Å². The number of anilines is 2. The fourth-order valence-corrected chi connectivity index (χ4v) is 4.21. The minimum atomic E-state index is -4.20. The molecular weight excluding hydrogens is 467 g/mol. The van der Waals surface area contributed by atoms with Gasteiger partial charge in [0.25, 0.3) is 15.7 Å². The average molecular weight is 483 g/mol. The van der Waals surface area contributed by atoms with Crippen LogP contribution in [0.15, 0.2) is 52.5 Å². The van der Waals surface area contributed by atoms with Crippen LogP contribution in [0.5, 0.6) is 0 Å². The first kappa shape index (κ1) is 22.5. The number of sulfonamides is 1. The molecule has 0 saturated heterocycles. The number of nitro benzene ring substituents is 1. The number of hydrogen-bond acceptors (Lipinski definition) is 7. The third-order valence-electron chi connectivity index (χ3n) is 4.14. The monoisotopic (exact) mass is 482 g/mol. The summed E-state index contributed by atoms with van der Waals surface area (Å²) in [6, 6.07) is 9.32. The normalized spacial score (nSPS) is 11.6. The van der Waals surface area contributed by atoms with E-state index in [1.165, 1.54) is 47.3 Å². The van der Waals surface area contributed by atoms with Crippen molar-refractivity contribution in [3.05, 3.63) is 74.0 Å². The summed E-state index contributed by atoms with van der Waals surface area (Å²) in [6.07, 6.45) is 1.38. The highest BCUT2D eigenvalue weighted by molar-refractivity contribution is 7.92. The number of nitrogens with zero attached hydrogens (tertiary/aromatic N) is 4. The van der Waals surface area contributed by atoms with Crippen LogP contribution in [-0.4, -0.2) is 29.3 Å². The molecule has 3 aromatic rings. The lowest BCUT2D eigenvalue weighted by Gasteiger charge is -2.12. The molecule has 0 radical (unpaired) electrons. The van der Waals surface area contributed by atoms with Crippen LogP contribution in [-0.2, 0) is 17.1 Å². The standard InChI is InChI=1S/C18H16Cl2N6O4S/c1-11-15(18(20)25(2)23-11)10-21-22-16-8-7-14(26(27)28)9-17(16)31(29,30)24-13-5-3-12(19)4-6-13/h3-10,22,24H,1-2H3. The van der Waals surface area contributed by atoms with Gasteiger partial charge in [-0.3, -0.25) is 24.9 Å². The molecule has 0 aliphatic carbocycles. The molecular formula is C18H16Cl2N6O4S. The second-order valence-corrected chi connectivity index (χ2v) is 8.78. The minimum Gasteiger partial charge on any atom is -0.280 e. The first-order chi connectivity index (χ1) is 14.6. The van der Waals surface area contributed by atoms with Crippen LogP contribution in [0.1, 0.15) is 11.3 Å². The van der Waals surface area contributed by atoms with Gasteiger partial charge in [-0.25, -0.2) is 8.42 Å². The van der Waals surface area contributed by atoms with E-state index in [9.17, 15) is 18.5 Å². The quantitative estimate of drug-likeness (QED) is 0.294. The van der Waals surface area contributed by atoms with Gasteiger partial charge < -0.3 is 0 Å². The molecule has 0 fully saturated rings. The van der Waals surface area contributed by atoms with E-state index in [0.29, 0.717) is 21.4 Å². The molecule has 1 aromatic heterocycles. The maximum Gasteiger partial charge on any atom is 0.270 e. The average Bonchev–Trinajstić information content (AvgIpc) is 2.95. The van der Waals surface area contributed by atoms with E-state index in [0.717, 1.165) is 6.07 Å². The molecule has 0 atom stereocenters. The van der Waals surface area contributed by atoms with E-state index >= 15 is 0 Å². The third-order valence-corrected chi connectivity index (χ3v) is 6.26. The number of non-ortho nitro benzene ring substituents is 1. The Bertz CT molecular complexity index is 1270. The van der Waals surface area contributed by atoms with Crippen molar-refractivity contribution in [2.75, 3.05) is 10.1 Å². The molecule has 3 rings (SSSR count). The molecule has 2 aromatic carbocycles. The van der Waals surface area contributed by atoms with Crippen molar-refractivity contribution in [2.24, 2.45) is 12.1 Å². The summed E-state index contributed by atoms with van der Waals surface area (Å²) < 4.78 is 29.7. The van der Waals surface area contributed by atoms with E-state index in [2.05, 4.69) is 20.3 Å². The zero-order valence-corrected chi connectivity index (χ0v) is 18.5. The molecule has 0 bridgehead atoms. The van der Waals surface area contributed by atoms with Gasteiger partial charge in [0, 0.05) is 29.9 Å². The topological polar surface area (TPSA) is 132 Å². The molecule has 0 saturated carbocycles. The van der Waals surface area contributed by atoms with Gasteiger partial charge in [-0.1, -0.05) is 23.2 Å². The predicted molar refractivity (Wildman–Crippen MR) is 120 cm³/mol. The van der Waals surface area contributed by atoms with Gasteiger partial charge in [0.05, 0.1) is 28.1 Å². The molecule has 162 valence electrons. The second-order valence-electron chi connectivity index (χ2n) is 6.33. The fourth-order valence-electron chi connectivity index (χ4n) is 2.63. The maximum absolute atomic E-state index is 12.9. The van der Waals surface area contributed by atoms with Gasteiger partial charge in [0.15, 0.2) is 0 Å². The lowest BCUT2D eigenvalue weighted by Crippen LogP contribution is -2.15. The molecule has 31 heavy (non-hydrogen) atoms. The Balaban J connectivity index is 1.96. The Morgan fingerprint density at radius 2 is 1.87 bits per heavy atom. The zero-order valence-electron chi connectivity index (χ0n) is 16.2. The van der Waals surface area contributed by atoms with Crippen molar-refractivity contribution in [1.82, 2.24) is 9.78 Å². The van der Waals surface area contributed by atoms with Gasteiger partial charge in [-0.05, 0) is 37.3 Å². The molecule has 1 heterocycles. The summed E-state index contributed by atoms with van der Waals surface area (Å²) in [4.78, 5) is 10.1. The maximum atomic E-state index is 12.9. The van der Waals surface area contributed by atoms with Crippen LogP contribution < -0.4 is 10.1 Å². The van der Waals surface area contributed by atoms with Gasteiger partial charge in [0.2, 0.25) is 0 Å². The second kappa shape index (κ2) is 8.92. The van der Waals surface area contributed by atoms with Crippen LogP contribution >= 0.6 is 23.2 Å². The highest BCUT2D eigenvalue weighted by atomic mass is 35.5. The van der Waals surface area contributed by atoms with Crippen LogP contribution in [0.25, 0.3) is 0 Å². The molecule has 13 heteroatoms. The van der Waals surface area contributed by atoms with Crippen molar-refractivity contribution in [3.8, 4) is 0 Å². The highest BCUT2D eigenvalue weighted by Gasteiger charge is 2.23. The summed E-state index contributed by atoms with van der Waals surface area (Å²) in [7, 11) is -2.53. The Morgan fingerprint density at radius 1 is 1.19 bits per heavy atom. The van der Waals surface area contributed by atoms with E-state index in [1.807, 2.05) is 0 Å². The Morgan fingerprint density at radius 3 is 2.45 bits per heavy atom. The number of nitro groups is 1. The van der Waals surface area contributed by atoms with Crippen molar-refractivity contribution in [3.63, 3.8) is 0 Å². The molecule has 0 amide bonds. The van der Waals surface area contributed by atoms with E-state index < -0.39 is 20.6 Å². The number of aromatic nitrogens is 2. The molecule has 2 N–H and O–H groups in total. The number of nitrogens with one attached hydrogen (secondary N) is 2. The summed E-state index contributed by atoms with van der Waals surface area (Å²) in [6.45, 7) is 1.74. The van der Waals surface area contributed by atoms with Crippen molar-refractivity contribution >= 4 is 56.5 Å². The summed E-state index contributed by atoms with van der Waals surface area (Å²) >= 11 is 12.0. The van der Waals surface area contributed by atoms with Crippen LogP contribution in [0, 0.1) is 17.0 Å². The van der Waals surface area contributed by atoms with E-state index in [-0.39, 0.29) is 16.3 Å². The molecule has 0 aliphatic rings. The Hall–Kier alpha value is -3.15. The van der Waals surface area contributed by atoms with Crippen LogP contribution in [0.2, 0.25) is 10.2 Å². The highest BCUT2D eigenvalue weighted by Crippen LogP contribution is 2.29. The van der Waals surface area contributed by atoms with Crippen molar-refractivity contribution in [1.29, 1.82) is 0 Å². The van der Waals surface area contributed by atoms with E-state index in [4.69, 9.17) is 23.2 Å². The smallest absolute Gasteiger partial charge is 0.270 e. The van der Waals surface area contributed by atoms with Gasteiger partial charge in [-0.15, -0.1) is 0 Å². The first-order valence-corrected chi connectivity index (χ1v) is 10.9. The third kappa shape index (κ3) is 5.13. The number of hydrazone groups is 1. The van der Waals surface area contributed by atoms with Gasteiger partial charge in [0.1, 0.15) is 10.0 Å². The Kier molecular flexibility index (Phi) is 6.48. The minimum absolute atomic E-state index is 0.0287. The van der Waals surface area contributed by atoms with E-state index in [1.54, 1.807) is 14.0 Å². The largest absolute Gasteiger partial charge is 0.280 e. The Labute approximate surface area is 187 Å². The van der Waals surface area contributed by atoms with Gasteiger partial charge in [-0.2, -0.15) is 10.2 Å². The predicted octanol–water partition coefficient (Wildman–Crippen LogP) is 4.19. The summed E-state index contributed by atoms with van der Waals surface area (Å²) in [5.74, 6) is 0. The van der Waals surface area contributed by atoms with Crippen LogP contribution in [0.3, 0.4) is 0 Å². The number of aryl methyl sites for hydroxylation is 2. The number of rotatable bonds is 7. The molecule has 10 nitrogen and oxygen atoms in total. The number of benzene rings is 2. The lowest BCUT2D eigenvalue weighted by molar-refractivity contribution is -0.385. The summed E-state index contributed by atoms with van der Waals surface area (Å²) in [5, 5.41) is 20.1. The molecule has 0 spiro atoms. The number of hydrogen-bond donors (Lipinski definition) is 2. The number of halogens is 2. The summed E-state index contributed by atoms with van der Waals surface area (Å²) in [5.41, 5.74) is 3.65. The first-order valence-electron chi connectivity index (χ1n) is 8.63. The molecule has 0 aliphatic heterocycles. The van der Waals surface area contributed by atoms with Crippen molar-refractivity contribution in [2.45, 2.75) is 11.8 Å². The SMILES string of the molecule is Cc1nn(C)c(Cl)c1C=NNc1ccc([N+](=O)[O-])cc1S(=O)(=O)Nc1ccc(Cl)cc1. The molecule has 0 unspecified atom stereocenters.